The molecule has 1 fully saturated rings. The normalized spacial score (nSPS) is 18.1. The van der Waals surface area contributed by atoms with E-state index >= 15 is 0 Å². The van der Waals surface area contributed by atoms with Gasteiger partial charge in [-0.3, -0.25) is 4.90 Å². The minimum absolute atomic E-state index is 0. The molecule has 1 aliphatic rings. The first-order valence-electron chi connectivity index (χ1n) is 8.50. The summed E-state index contributed by atoms with van der Waals surface area (Å²) in [5.74, 6) is 1.42. The monoisotopic (exact) mass is 374 g/mol. The van der Waals surface area contributed by atoms with E-state index < -0.39 is 12.2 Å². The Bertz CT molecular complexity index is 480. The second-order valence-electron chi connectivity index (χ2n) is 6.94. The van der Waals surface area contributed by atoms with Crippen molar-refractivity contribution in [1.82, 2.24) is 9.80 Å². The zero-order valence-electron chi connectivity index (χ0n) is 17.0. The van der Waals surface area contributed by atoms with Crippen LogP contribution in [0.2, 0.25) is 0 Å². The van der Waals surface area contributed by atoms with E-state index in [0.29, 0.717) is 19.5 Å². The predicted molar refractivity (Wildman–Crippen MR) is 109 cm³/mol. The van der Waals surface area contributed by atoms with E-state index in [0.717, 1.165) is 13.1 Å². The summed E-state index contributed by atoms with van der Waals surface area (Å²) in [7, 11) is 0. The molecule has 144 valence electrons. The molecule has 2 atom stereocenters. The van der Waals surface area contributed by atoms with Crippen LogP contribution < -0.4 is 0 Å². The number of nitrogens with zero attached hydrogens (tertiary/aromatic N) is 2. The van der Waals surface area contributed by atoms with Crippen molar-refractivity contribution < 1.29 is 15.0 Å². The minimum Gasteiger partial charge on any atom is -0.465 e. The van der Waals surface area contributed by atoms with Crippen LogP contribution in [0, 0.1) is 13.3 Å². The van der Waals surface area contributed by atoms with Gasteiger partial charge in [-0.1, -0.05) is 30.3 Å². The van der Waals surface area contributed by atoms with E-state index in [2.05, 4.69) is 37.8 Å². The number of carboxylic acid groups (broad SMARTS) is 1. The third kappa shape index (κ3) is 11.0. The maximum absolute atomic E-state index is 11.2. The van der Waals surface area contributed by atoms with Crippen molar-refractivity contribution in [1.29, 1.82) is 0 Å². The van der Waals surface area contributed by atoms with Gasteiger partial charge in [0.2, 0.25) is 0 Å². The molecule has 6 heteroatoms. The fourth-order valence-corrected chi connectivity index (χ4v) is 2.75. The Kier molecular flexibility index (Phi) is 15.0. The van der Waals surface area contributed by atoms with Crippen LogP contribution in [0.25, 0.3) is 0 Å². The average Bonchev–Trinajstić information content (AvgIpc) is 2.47. The first-order chi connectivity index (χ1) is 11.3. The molecule has 0 radical (unpaired) electrons. The van der Waals surface area contributed by atoms with Gasteiger partial charge in [-0.2, -0.15) is 20.8 Å². The summed E-state index contributed by atoms with van der Waals surface area (Å²) in [5, 5.41) is 18.8. The first-order valence-corrected chi connectivity index (χ1v) is 8.50. The molecule has 0 aliphatic carbocycles. The molecule has 0 saturated carbocycles. The Balaban J connectivity index is 0. The topological polar surface area (TPSA) is 64.0 Å². The van der Waals surface area contributed by atoms with E-state index in [9.17, 15) is 15.0 Å². The van der Waals surface area contributed by atoms with Gasteiger partial charge in [0.1, 0.15) is 0 Å². The Morgan fingerprint density at radius 1 is 1.23 bits per heavy atom. The molecule has 26 heavy (non-hydrogen) atoms. The van der Waals surface area contributed by atoms with Crippen molar-refractivity contribution in [2.75, 3.05) is 19.6 Å². The summed E-state index contributed by atoms with van der Waals surface area (Å²) >= 11 is 0. The van der Waals surface area contributed by atoms with Crippen molar-refractivity contribution in [3.63, 3.8) is 0 Å². The molecular weight excluding hydrogens is 341 g/mol. The van der Waals surface area contributed by atoms with Gasteiger partial charge >= 0.3 is 29.1 Å². The van der Waals surface area contributed by atoms with Gasteiger partial charge in [0, 0.05) is 26.2 Å². The molecule has 2 N–H and O–H groups in total. The molecule has 5 nitrogen and oxygen atoms in total. The molecule has 0 aromatic heterocycles. The van der Waals surface area contributed by atoms with Crippen LogP contribution in [-0.4, -0.2) is 80.9 Å². The molecule has 0 spiro atoms. The van der Waals surface area contributed by atoms with Gasteiger partial charge < -0.3 is 28.5 Å². The number of amides is 1. The fraction of sp³-hybridized carbons (Fsp3) is 0.550. The summed E-state index contributed by atoms with van der Waals surface area (Å²) in [6.07, 6.45) is -0.897. The quantitative estimate of drug-likeness (QED) is 0.627. The predicted octanol–water partition coefficient (Wildman–Crippen LogP) is 3.31. The molecule has 1 aliphatic heterocycles. The third-order valence-electron chi connectivity index (χ3n) is 3.67. The summed E-state index contributed by atoms with van der Waals surface area (Å²) in [4.78, 5) is 14.9. The second-order valence-corrected chi connectivity index (χ2v) is 6.94. The zero-order chi connectivity index (χ0) is 18.1. The number of piperazine rings is 1. The van der Waals surface area contributed by atoms with Crippen LogP contribution in [-0.2, 0) is 6.54 Å². The van der Waals surface area contributed by atoms with Gasteiger partial charge in [0.05, 0.1) is 12.1 Å². The maximum atomic E-state index is 11.2. The third-order valence-corrected chi connectivity index (χ3v) is 3.67. The number of aliphatic hydroxyl groups is 1. The van der Waals surface area contributed by atoms with Crippen LogP contribution in [0.4, 0.5) is 4.79 Å². The number of benzene rings is 1. The molecule has 1 saturated heterocycles. The Labute approximate surface area is 175 Å². The van der Waals surface area contributed by atoms with Crippen molar-refractivity contribution in [3.8, 4) is 0 Å². The van der Waals surface area contributed by atoms with Crippen LogP contribution in [0.3, 0.4) is 0 Å². The second kappa shape index (κ2) is 14.3. The largest absolute Gasteiger partial charge is 2.00 e. The number of rotatable bonds is 4. The zero-order valence-corrected chi connectivity index (χ0v) is 18.4. The van der Waals surface area contributed by atoms with Crippen molar-refractivity contribution in [2.24, 2.45) is 0 Å². The van der Waals surface area contributed by atoms with Crippen molar-refractivity contribution >= 4 is 29.1 Å². The number of hydrogen-bond acceptors (Lipinski definition) is 3. The summed E-state index contributed by atoms with van der Waals surface area (Å²) < 4.78 is 0. The van der Waals surface area contributed by atoms with E-state index in [1.54, 1.807) is 6.92 Å². The molecule has 1 unspecified atom stereocenters. The number of carbonyl (C=O) groups is 1. The Hall–Kier alpha value is -0.824. The molecule has 1 heterocycles. The van der Waals surface area contributed by atoms with Gasteiger partial charge in [-0.25, -0.2) is 4.79 Å². The van der Waals surface area contributed by atoms with E-state index in [4.69, 9.17) is 0 Å². The van der Waals surface area contributed by atoms with Gasteiger partial charge in [-0.05, 0) is 18.9 Å². The van der Waals surface area contributed by atoms with Crippen molar-refractivity contribution in [2.45, 2.75) is 52.8 Å². The number of aliphatic hydroxyl groups excluding tert-OH is 1. The van der Waals surface area contributed by atoms with Crippen molar-refractivity contribution in [3.05, 3.63) is 49.2 Å². The number of hydrogen-bond donors (Lipinski definition) is 2. The van der Waals surface area contributed by atoms with E-state index in [1.165, 1.54) is 16.4 Å². The molecule has 1 aromatic rings. The summed E-state index contributed by atoms with van der Waals surface area (Å²) in [6.45, 7) is 10.7. The molecule has 2 rings (SSSR count). The Morgan fingerprint density at radius 3 is 2.23 bits per heavy atom. The SMILES string of the molecule is CC(O)C[C@H]1CN(Cc2ccccc2)CCN1C(=O)O.C[C-](C)C.[CH3-].[Mg+2]. The van der Waals surface area contributed by atoms with Gasteiger partial charge in [0.15, 0.2) is 0 Å². The maximum Gasteiger partial charge on any atom is 2.00 e. The van der Waals surface area contributed by atoms with Gasteiger partial charge in [-0.15, -0.1) is 0 Å². The van der Waals surface area contributed by atoms with Crippen LogP contribution in [0.15, 0.2) is 30.3 Å². The summed E-state index contributed by atoms with van der Waals surface area (Å²) in [6, 6.07) is 10.0. The summed E-state index contributed by atoms with van der Waals surface area (Å²) in [5.41, 5.74) is 1.23. The van der Waals surface area contributed by atoms with E-state index in [-0.39, 0.29) is 36.5 Å². The van der Waals surface area contributed by atoms with Crippen LogP contribution in [0.1, 0.15) is 39.7 Å². The van der Waals surface area contributed by atoms with E-state index in [1.807, 2.05) is 18.2 Å². The van der Waals surface area contributed by atoms with Crippen LogP contribution >= 0.6 is 0 Å². The first kappa shape index (κ1) is 27.4. The molecule has 0 bridgehead atoms. The fourth-order valence-electron chi connectivity index (χ4n) is 2.75. The average molecular weight is 375 g/mol. The molecular formula is C20H34MgN2O3. The smallest absolute Gasteiger partial charge is 0.465 e. The molecule has 1 amide bonds. The Morgan fingerprint density at radius 2 is 1.77 bits per heavy atom. The standard InChI is InChI=1S/C15H22N2O3.C4H9.CH3.Mg/c1-12(18)9-14-11-16(7-8-17(14)15(19)20)10-13-5-3-2-4-6-13;1-4(2)3;;/h2-6,12,14,18H,7-11H2,1H3,(H,19,20);1-3H3;1H3;/q;2*-1;+2/t12?,14-;;;/m0.../s1. The van der Waals surface area contributed by atoms with Gasteiger partial charge in [0.25, 0.3) is 0 Å². The minimum atomic E-state index is -0.894. The van der Waals surface area contributed by atoms with Crippen LogP contribution in [0.5, 0.6) is 0 Å². The molecule has 1 aromatic carbocycles.